The largest absolute Gasteiger partial charge is 0.422 e. The van der Waals surface area contributed by atoms with E-state index in [-0.39, 0.29) is 33.9 Å². The van der Waals surface area contributed by atoms with E-state index in [1.54, 1.807) is 16.7 Å². The maximum absolute atomic E-state index is 14.8. The predicted molar refractivity (Wildman–Crippen MR) is 133 cm³/mol. The van der Waals surface area contributed by atoms with Gasteiger partial charge in [-0.25, -0.2) is 8.78 Å². The molecule has 0 bridgehead atoms. The minimum absolute atomic E-state index is 0.0458. The number of nitrogens with two attached hydrogens (primary N) is 2. The molecular formula is C26H27F2N5O2. The maximum Gasteiger partial charge on any atom is 0.298 e. The fraction of sp³-hybridized carbons (Fsp3) is 0.385. The van der Waals surface area contributed by atoms with E-state index in [9.17, 15) is 13.6 Å². The summed E-state index contributed by atoms with van der Waals surface area (Å²) in [6.45, 7) is 5.24. The molecule has 1 saturated heterocycles. The highest BCUT2D eigenvalue weighted by Crippen LogP contribution is 2.41. The van der Waals surface area contributed by atoms with Gasteiger partial charge in [-0.2, -0.15) is 4.98 Å². The summed E-state index contributed by atoms with van der Waals surface area (Å²) in [5, 5.41) is 0.725. The SMILES string of the molecule is Cc1c(-c2cc(F)c(N)cc2F)ccc2c3oc(N4CCC(C)(N)CC4)nc3c(=O)n(C3CC3)c12. The third kappa shape index (κ3) is 3.48. The van der Waals surface area contributed by atoms with Gasteiger partial charge in [-0.3, -0.25) is 4.79 Å². The van der Waals surface area contributed by atoms with Crippen LogP contribution in [0.2, 0.25) is 0 Å². The van der Waals surface area contributed by atoms with Crippen molar-refractivity contribution in [2.24, 2.45) is 5.73 Å². The molecule has 1 saturated carbocycles. The molecule has 2 aromatic heterocycles. The second-order valence-electron chi connectivity index (χ2n) is 10.2. The number of halogens is 2. The summed E-state index contributed by atoms with van der Waals surface area (Å²) < 4.78 is 37.0. The quantitative estimate of drug-likeness (QED) is 0.415. The first-order valence-corrected chi connectivity index (χ1v) is 11.9. The number of nitrogen functional groups attached to an aromatic ring is 1. The minimum atomic E-state index is -0.689. The number of oxazole rings is 1. The molecule has 4 aromatic rings. The average molecular weight is 480 g/mol. The standard InChI is InChI=1S/C26H27F2N5O2/c1-13-15(17-11-19(28)20(29)12-18(17)27)5-6-16-22(13)33(14-3-4-14)24(34)21-23(16)35-25(31-21)32-9-7-26(2,30)8-10-32/h5-6,11-12,14H,3-4,7-10,29-30H2,1-2H3. The van der Waals surface area contributed by atoms with Crippen LogP contribution in [0.15, 0.2) is 33.5 Å². The minimum Gasteiger partial charge on any atom is -0.422 e. The van der Waals surface area contributed by atoms with E-state index in [4.69, 9.17) is 15.9 Å². The van der Waals surface area contributed by atoms with Gasteiger partial charge in [-0.15, -0.1) is 0 Å². The highest BCUT2D eigenvalue weighted by atomic mass is 19.1. The number of rotatable bonds is 3. The highest BCUT2D eigenvalue weighted by molar-refractivity contribution is 6.04. The zero-order valence-electron chi connectivity index (χ0n) is 19.7. The molecule has 7 nitrogen and oxygen atoms in total. The first kappa shape index (κ1) is 22.0. The van der Waals surface area contributed by atoms with Crippen molar-refractivity contribution in [3.8, 4) is 11.1 Å². The van der Waals surface area contributed by atoms with Crippen molar-refractivity contribution < 1.29 is 13.2 Å². The molecule has 1 aliphatic heterocycles. The molecule has 35 heavy (non-hydrogen) atoms. The summed E-state index contributed by atoms with van der Waals surface area (Å²) in [6.07, 6.45) is 3.35. The Hall–Kier alpha value is -3.46. The summed E-state index contributed by atoms with van der Waals surface area (Å²) in [4.78, 5) is 20.3. The Balaban J connectivity index is 1.58. The van der Waals surface area contributed by atoms with E-state index in [0.717, 1.165) is 43.2 Å². The Morgan fingerprint density at radius 2 is 1.83 bits per heavy atom. The average Bonchev–Trinajstić information content (AvgIpc) is 3.54. The third-order valence-electron chi connectivity index (χ3n) is 7.42. The van der Waals surface area contributed by atoms with Crippen LogP contribution in [0.4, 0.5) is 20.5 Å². The van der Waals surface area contributed by atoms with Crippen LogP contribution in [-0.4, -0.2) is 28.2 Å². The van der Waals surface area contributed by atoms with Gasteiger partial charge in [0.25, 0.3) is 11.6 Å². The molecular weight excluding hydrogens is 452 g/mol. The fourth-order valence-corrected chi connectivity index (χ4v) is 5.13. The van der Waals surface area contributed by atoms with E-state index in [0.29, 0.717) is 41.3 Å². The zero-order valence-corrected chi connectivity index (χ0v) is 19.7. The van der Waals surface area contributed by atoms with E-state index in [2.05, 4.69) is 4.98 Å². The molecule has 1 aliphatic carbocycles. The van der Waals surface area contributed by atoms with Gasteiger partial charge in [0.15, 0.2) is 11.1 Å². The Morgan fingerprint density at radius 3 is 2.51 bits per heavy atom. The van der Waals surface area contributed by atoms with Crippen molar-refractivity contribution >= 4 is 33.7 Å². The van der Waals surface area contributed by atoms with Gasteiger partial charge in [-0.1, -0.05) is 6.07 Å². The van der Waals surface area contributed by atoms with Crippen LogP contribution in [0.1, 0.15) is 44.2 Å². The molecule has 2 fully saturated rings. The van der Waals surface area contributed by atoms with E-state index in [1.165, 1.54) is 0 Å². The zero-order chi connectivity index (χ0) is 24.6. The van der Waals surface area contributed by atoms with Crippen LogP contribution in [0.3, 0.4) is 0 Å². The van der Waals surface area contributed by atoms with Crippen molar-refractivity contribution in [1.82, 2.24) is 9.55 Å². The van der Waals surface area contributed by atoms with Crippen molar-refractivity contribution in [1.29, 1.82) is 0 Å². The summed E-state index contributed by atoms with van der Waals surface area (Å²) >= 11 is 0. The van der Waals surface area contributed by atoms with Gasteiger partial charge in [0.2, 0.25) is 0 Å². The lowest BCUT2D eigenvalue weighted by Gasteiger charge is -2.35. The Bertz CT molecular complexity index is 1560. The number of hydrogen-bond acceptors (Lipinski definition) is 6. The Kier molecular flexibility index (Phi) is 4.73. The summed E-state index contributed by atoms with van der Waals surface area (Å²) in [7, 11) is 0. The number of fused-ring (bicyclic) bond motifs is 3. The molecule has 0 amide bonds. The number of aromatic nitrogens is 2. The van der Waals surface area contributed by atoms with Gasteiger partial charge in [0.1, 0.15) is 11.6 Å². The second kappa shape index (κ2) is 7.52. The lowest BCUT2D eigenvalue weighted by molar-refractivity contribution is 0.353. The number of pyridine rings is 1. The fourth-order valence-electron chi connectivity index (χ4n) is 5.13. The highest BCUT2D eigenvalue weighted by Gasteiger charge is 2.32. The van der Waals surface area contributed by atoms with Crippen LogP contribution >= 0.6 is 0 Å². The molecule has 6 rings (SSSR count). The van der Waals surface area contributed by atoms with Gasteiger partial charge in [-0.05, 0) is 62.8 Å². The number of nitrogens with zero attached hydrogens (tertiary/aromatic N) is 3. The number of aryl methyl sites for hydroxylation is 1. The van der Waals surface area contributed by atoms with Crippen molar-refractivity contribution in [2.45, 2.75) is 51.1 Å². The molecule has 182 valence electrons. The van der Waals surface area contributed by atoms with Gasteiger partial charge in [0.05, 0.1) is 11.2 Å². The molecule has 0 spiro atoms. The maximum atomic E-state index is 14.8. The van der Waals surface area contributed by atoms with Crippen LogP contribution in [-0.2, 0) is 0 Å². The van der Waals surface area contributed by atoms with Gasteiger partial charge >= 0.3 is 0 Å². The van der Waals surface area contributed by atoms with E-state index < -0.39 is 11.6 Å². The van der Waals surface area contributed by atoms with Crippen LogP contribution in [0.5, 0.6) is 0 Å². The lowest BCUT2D eigenvalue weighted by atomic mass is 9.91. The number of hydrogen-bond donors (Lipinski definition) is 2. The monoisotopic (exact) mass is 479 g/mol. The second-order valence-corrected chi connectivity index (χ2v) is 10.2. The summed E-state index contributed by atoms with van der Waals surface area (Å²) in [5.74, 6) is -1.31. The summed E-state index contributed by atoms with van der Waals surface area (Å²) in [6, 6.07) is 6.08. The lowest BCUT2D eigenvalue weighted by Crippen LogP contribution is -2.48. The van der Waals surface area contributed by atoms with E-state index >= 15 is 0 Å². The topological polar surface area (TPSA) is 103 Å². The molecule has 2 aliphatic rings. The number of anilines is 2. The van der Waals surface area contributed by atoms with Gasteiger partial charge in [0, 0.05) is 41.7 Å². The molecule has 3 heterocycles. The van der Waals surface area contributed by atoms with Crippen LogP contribution in [0.25, 0.3) is 33.1 Å². The molecule has 0 atom stereocenters. The normalized spacial score (nSPS) is 18.0. The Labute approximate surface area is 200 Å². The van der Waals surface area contributed by atoms with E-state index in [1.807, 2.05) is 18.7 Å². The molecule has 0 radical (unpaired) electrons. The number of piperidine rings is 1. The molecule has 2 aromatic carbocycles. The number of benzene rings is 2. The Morgan fingerprint density at radius 1 is 1.11 bits per heavy atom. The van der Waals surface area contributed by atoms with Crippen molar-refractivity contribution in [3.63, 3.8) is 0 Å². The first-order valence-electron chi connectivity index (χ1n) is 11.9. The first-order chi connectivity index (χ1) is 16.6. The van der Waals surface area contributed by atoms with Crippen LogP contribution in [0, 0.1) is 18.6 Å². The smallest absolute Gasteiger partial charge is 0.298 e. The van der Waals surface area contributed by atoms with Crippen molar-refractivity contribution in [3.05, 3.63) is 51.8 Å². The predicted octanol–water partition coefficient (Wildman–Crippen LogP) is 4.63. The van der Waals surface area contributed by atoms with Crippen molar-refractivity contribution in [2.75, 3.05) is 23.7 Å². The van der Waals surface area contributed by atoms with Gasteiger partial charge < -0.3 is 25.4 Å². The third-order valence-corrected chi connectivity index (χ3v) is 7.42. The summed E-state index contributed by atoms with van der Waals surface area (Å²) in [5.41, 5.74) is 13.7. The molecule has 0 unspecified atom stereocenters. The molecule has 9 heteroatoms. The van der Waals surface area contributed by atoms with Crippen LogP contribution < -0.4 is 21.9 Å². The molecule has 4 N–H and O–H groups in total.